The molecule has 0 aliphatic rings. The van der Waals surface area contributed by atoms with E-state index in [2.05, 4.69) is 15.7 Å². The summed E-state index contributed by atoms with van der Waals surface area (Å²) in [5, 5.41) is 9.72. The number of nitrogens with zero attached hydrogens (tertiary/aromatic N) is 2. The number of pyridine rings is 1. The first kappa shape index (κ1) is 12.2. The molecule has 2 heterocycles. The Morgan fingerprint density at radius 3 is 2.85 bits per heavy atom. The van der Waals surface area contributed by atoms with Crippen LogP contribution in [-0.2, 0) is 6.54 Å². The molecule has 0 unspecified atom stereocenters. The summed E-state index contributed by atoms with van der Waals surface area (Å²) < 4.78 is 1.74. The number of fused-ring (bicyclic) bond motifs is 1. The third-order valence-electron chi connectivity index (χ3n) is 2.95. The molecule has 1 aromatic carbocycles. The molecule has 0 fully saturated rings. The Bertz CT molecular complexity index is 721. The number of urea groups is 1. The van der Waals surface area contributed by atoms with Gasteiger partial charge in [-0.3, -0.25) is 0 Å². The van der Waals surface area contributed by atoms with Gasteiger partial charge >= 0.3 is 6.03 Å². The standard InChI is InChI=1S/C15H14N4O/c20-15(16-11-12-4-2-1-3-5-12)18-13-7-9-19-14(10-13)6-8-17-19/h1-10H,11H2,(H2,16,18,20). The number of anilines is 1. The molecule has 100 valence electrons. The molecular weight excluding hydrogens is 252 g/mol. The molecule has 0 radical (unpaired) electrons. The molecule has 20 heavy (non-hydrogen) atoms. The predicted octanol–water partition coefficient (Wildman–Crippen LogP) is 2.66. The minimum atomic E-state index is -0.224. The lowest BCUT2D eigenvalue weighted by Crippen LogP contribution is -2.28. The van der Waals surface area contributed by atoms with E-state index in [1.807, 2.05) is 54.7 Å². The monoisotopic (exact) mass is 266 g/mol. The molecule has 3 rings (SSSR count). The summed E-state index contributed by atoms with van der Waals surface area (Å²) >= 11 is 0. The molecule has 0 saturated carbocycles. The first-order valence-corrected chi connectivity index (χ1v) is 6.33. The van der Waals surface area contributed by atoms with Crippen molar-refractivity contribution in [3.05, 3.63) is 66.5 Å². The van der Waals surface area contributed by atoms with Crippen molar-refractivity contribution in [2.75, 3.05) is 5.32 Å². The maximum absolute atomic E-state index is 11.8. The zero-order chi connectivity index (χ0) is 13.8. The van der Waals surface area contributed by atoms with Crippen LogP contribution in [0.4, 0.5) is 10.5 Å². The van der Waals surface area contributed by atoms with Crippen molar-refractivity contribution in [2.24, 2.45) is 0 Å². The minimum absolute atomic E-state index is 0.224. The van der Waals surface area contributed by atoms with Crippen LogP contribution in [0.1, 0.15) is 5.56 Å². The van der Waals surface area contributed by atoms with Gasteiger partial charge in [0.05, 0.1) is 5.52 Å². The number of carbonyl (C=O) groups is 1. The lowest BCUT2D eigenvalue weighted by molar-refractivity contribution is 0.251. The van der Waals surface area contributed by atoms with Crippen LogP contribution in [0, 0.1) is 0 Å². The summed E-state index contributed by atoms with van der Waals surface area (Å²) in [7, 11) is 0. The third-order valence-corrected chi connectivity index (χ3v) is 2.95. The van der Waals surface area contributed by atoms with Gasteiger partial charge in [0.15, 0.2) is 0 Å². The van der Waals surface area contributed by atoms with E-state index in [0.29, 0.717) is 6.54 Å². The second-order valence-electron chi connectivity index (χ2n) is 4.41. The zero-order valence-corrected chi connectivity index (χ0v) is 10.8. The van der Waals surface area contributed by atoms with Gasteiger partial charge in [-0.05, 0) is 23.8 Å². The average Bonchev–Trinajstić information content (AvgIpc) is 2.94. The Morgan fingerprint density at radius 2 is 2.00 bits per heavy atom. The van der Waals surface area contributed by atoms with Crippen LogP contribution in [-0.4, -0.2) is 15.6 Å². The van der Waals surface area contributed by atoms with E-state index in [-0.39, 0.29) is 6.03 Å². The average molecular weight is 266 g/mol. The highest BCUT2D eigenvalue weighted by molar-refractivity contribution is 5.89. The highest BCUT2D eigenvalue weighted by atomic mass is 16.2. The van der Waals surface area contributed by atoms with E-state index < -0.39 is 0 Å². The van der Waals surface area contributed by atoms with Crippen molar-refractivity contribution in [3.8, 4) is 0 Å². The van der Waals surface area contributed by atoms with E-state index in [1.54, 1.807) is 10.7 Å². The predicted molar refractivity (Wildman–Crippen MR) is 77.5 cm³/mol. The van der Waals surface area contributed by atoms with Crippen LogP contribution < -0.4 is 10.6 Å². The van der Waals surface area contributed by atoms with Gasteiger partial charge < -0.3 is 10.6 Å². The van der Waals surface area contributed by atoms with Crippen molar-refractivity contribution in [2.45, 2.75) is 6.54 Å². The molecule has 0 bridgehead atoms. The fraction of sp³-hybridized carbons (Fsp3) is 0.0667. The van der Waals surface area contributed by atoms with Crippen LogP contribution in [0.2, 0.25) is 0 Å². The van der Waals surface area contributed by atoms with Crippen molar-refractivity contribution >= 4 is 17.2 Å². The highest BCUT2D eigenvalue weighted by Crippen LogP contribution is 2.11. The molecule has 5 heteroatoms. The van der Waals surface area contributed by atoms with Crippen LogP contribution >= 0.6 is 0 Å². The third kappa shape index (κ3) is 2.77. The molecular formula is C15H14N4O. The maximum Gasteiger partial charge on any atom is 0.319 e. The van der Waals surface area contributed by atoms with Gasteiger partial charge in [0.25, 0.3) is 0 Å². The summed E-state index contributed by atoms with van der Waals surface area (Å²) in [6.07, 6.45) is 3.52. The fourth-order valence-electron chi connectivity index (χ4n) is 1.95. The summed E-state index contributed by atoms with van der Waals surface area (Å²) in [4.78, 5) is 11.8. The van der Waals surface area contributed by atoms with Gasteiger partial charge in [0.2, 0.25) is 0 Å². The summed E-state index contributed by atoms with van der Waals surface area (Å²) in [6.45, 7) is 0.502. The van der Waals surface area contributed by atoms with Gasteiger partial charge in [-0.15, -0.1) is 0 Å². The minimum Gasteiger partial charge on any atom is -0.334 e. The smallest absolute Gasteiger partial charge is 0.319 e. The Hall–Kier alpha value is -2.82. The Morgan fingerprint density at radius 1 is 1.15 bits per heavy atom. The number of hydrogen-bond donors (Lipinski definition) is 2. The molecule has 2 N–H and O–H groups in total. The van der Waals surface area contributed by atoms with Crippen molar-refractivity contribution in [1.82, 2.24) is 14.9 Å². The number of hydrogen-bond acceptors (Lipinski definition) is 2. The van der Waals surface area contributed by atoms with Crippen molar-refractivity contribution < 1.29 is 4.79 Å². The fourth-order valence-corrected chi connectivity index (χ4v) is 1.95. The largest absolute Gasteiger partial charge is 0.334 e. The van der Waals surface area contributed by atoms with Gasteiger partial charge in [0.1, 0.15) is 0 Å². The van der Waals surface area contributed by atoms with Gasteiger partial charge in [-0.1, -0.05) is 30.3 Å². The van der Waals surface area contributed by atoms with Crippen LogP contribution in [0.3, 0.4) is 0 Å². The number of benzene rings is 1. The van der Waals surface area contributed by atoms with E-state index in [0.717, 1.165) is 16.8 Å². The van der Waals surface area contributed by atoms with Crippen LogP contribution in [0.5, 0.6) is 0 Å². The van der Waals surface area contributed by atoms with E-state index in [9.17, 15) is 4.79 Å². The molecule has 0 saturated heterocycles. The number of aromatic nitrogens is 2. The lowest BCUT2D eigenvalue weighted by atomic mass is 10.2. The summed E-state index contributed by atoms with van der Waals surface area (Å²) in [6, 6.07) is 15.1. The maximum atomic E-state index is 11.8. The summed E-state index contributed by atoms with van der Waals surface area (Å²) in [5.41, 5.74) is 2.74. The highest BCUT2D eigenvalue weighted by Gasteiger charge is 2.02. The van der Waals surface area contributed by atoms with Gasteiger partial charge in [-0.25, -0.2) is 9.31 Å². The Labute approximate surface area is 116 Å². The zero-order valence-electron chi connectivity index (χ0n) is 10.8. The van der Waals surface area contributed by atoms with Gasteiger partial charge in [0, 0.05) is 24.6 Å². The number of rotatable bonds is 3. The molecule has 0 aliphatic heterocycles. The SMILES string of the molecule is O=C(NCc1ccccc1)Nc1ccn2nccc2c1. The van der Waals surface area contributed by atoms with E-state index in [4.69, 9.17) is 0 Å². The second kappa shape index (κ2) is 5.44. The van der Waals surface area contributed by atoms with Gasteiger partial charge in [-0.2, -0.15) is 5.10 Å². The number of carbonyl (C=O) groups excluding carboxylic acids is 1. The topological polar surface area (TPSA) is 58.4 Å². The first-order valence-electron chi connectivity index (χ1n) is 6.33. The Balaban J connectivity index is 1.61. The van der Waals surface area contributed by atoms with Crippen LogP contribution in [0.25, 0.3) is 5.52 Å². The molecule has 2 aromatic heterocycles. The molecule has 3 aromatic rings. The van der Waals surface area contributed by atoms with E-state index in [1.165, 1.54) is 0 Å². The first-order chi connectivity index (χ1) is 9.81. The van der Waals surface area contributed by atoms with E-state index >= 15 is 0 Å². The Kier molecular flexibility index (Phi) is 3.33. The molecule has 5 nitrogen and oxygen atoms in total. The second-order valence-corrected chi connectivity index (χ2v) is 4.41. The normalized spacial score (nSPS) is 10.4. The number of nitrogens with one attached hydrogen (secondary N) is 2. The molecule has 2 amide bonds. The molecule has 0 aliphatic carbocycles. The van der Waals surface area contributed by atoms with Crippen LogP contribution in [0.15, 0.2) is 60.9 Å². The number of amides is 2. The molecule has 0 atom stereocenters. The quantitative estimate of drug-likeness (QED) is 0.765. The molecule has 0 spiro atoms. The summed E-state index contributed by atoms with van der Waals surface area (Å²) in [5.74, 6) is 0. The van der Waals surface area contributed by atoms with Crippen molar-refractivity contribution in [1.29, 1.82) is 0 Å². The van der Waals surface area contributed by atoms with Crippen molar-refractivity contribution in [3.63, 3.8) is 0 Å². The lowest BCUT2D eigenvalue weighted by Gasteiger charge is -2.08.